The topological polar surface area (TPSA) is 64.3 Å². The number of ether oxygens (including phenoxy) is 3. The first-order valence-electron chi connectivity index (χ1n) is 7.56. The largest absolute Gasteiger partial charge is 0.467 e. The average molecular weight is 319 g/mol. The fraction of sp³-hybridized carbons (Fsp3) is 0.412. The standard InChI is InChI=1S/C17H21NO5/c1-18(8-13-4-5-16-17(7-13)23-12-22-16)9-14(19)10-20-11-15-3-2-6-21-15/h2-7,14,19H,8-12H2,1H3. The molecule has 0 saturated heterocycles. The highest BCUT2D eigenvalue weighted by Gasteiger charge is 2.15. The number of aliphatic hydroxyl groups is 1. The predicted octanol–water partition coefficient (Wildman–Crippen LogP) is 2.02. The minimum Gasteiger partial charge on any atom is -0.467 e. The minimum absolute atomic E-state index is 0.270. The molecule has 1 unspecified atom stereocenters. The molecule has 0 spiro atoms. The molecule has 0 amide bonds. The summed E-state index contributed by atoms with van der Waals surface area (Å²) in [4.78, 5) is 2.04. The lowest BCUT2D eigenvalue weighted by atomic mass is 10.2. The van der Waals surface area contributed by atoms with Gasteiger partial charge in [-0.15, -0.1) is 0 Å². The Kier molecular flexibility index (Phi) is 5.17. The van der Waals surface area contributed by atoms with E-state index in [1.807, 2.05) is 42.3 Å². The molecule has 1 N–H and O–H groups in total. The van der Waals surface area contributed by atoms with Crippen molar-refractivity contribution < 1.29 is 23.7 Å². The number of hydrogen-bond donors (Lipinski definition) is 1. The molecule has 0 radical (unpaired) electrons. The van der Waals surface area contributed by atoms with E-state index in [0.717, 1.165) is 22.8 Å². The summed E-state index contributed by atoms with van der Waals surface area (Å²) < 4.78 is 21.3. The number of benzene rings is 1. The molecular weight excluding hydrogens is 298 g/mol. The summed E-state index contributed by atoms with van der Waals surface area (Å²) in [5.41, 5.74) is 1.11. The van der Waals surface area contributed by atoms with Crippen LogP contribution in [0.25, 0.3) is 0 Å². The summed E-state index contributed by atoms with van der Waals surface area (Å²) in [7, 11) is 1.96. The van der Waals surface area contributed by atoms with Crippen molar-refractivity contribution in [3.8, 4) is 11.5 Å². The van der Waals surface area contributed by atoms with E-state index in [-0.39, 0.29) is 13.4 Å². The van der Waals surface area contributed by atoms with E-state index in [9.17, 15) is 5.11 Å². The van der Waals surface area contributed by atoms with Crippen LogP contribution in [-0.4, -0.2) is 43.1 Å². The van der Waals surface area contributed by atoms with Crippen molar-refractivity contribution in [2.24, 2.45) is 0 Å². The zero-order chi connectivity index (χ0) is 16.1. The van der Waals surface area contributed by atoms with Gasteiger partial charge in [0.25, 0.3) is 0 Å². The van der Waals surface area contributed by atoms with Crippen LogP contribution < -0.4 is 9.47 Å². The third-order valence-electron chi connectivity index (χ3n) is 3.55. The van der Waals surface area contributed by atoms with Crippen LogP contribution in [0.5, 0.6) is 11.5 Å². The first-order valence-corrected chi connectivity index (χ1v) is 7.56. The predicted molar refractivity (Wildman–Crippen MR) is 83.3 cm³/mol. The van der Waals surface area contributed by atoms with E-state index >= 15 is 0 Å². The highest BCUT2D eigenvalue weighted by Crippen LogP contribution is 2.32. The van der Waals surface area contributed by atoms with Gasteiger partial charge in [0.2, 0.25) is 6.79 Å². The third kappa shape index (κ3) is 4.48. The molecule has 0 aliphatic carbocycles. The van der Waals surface area contributed by atoms with Crippen LogP contribution in [0, 0.1) is 0 Å². The highest BCUT2D eigenvalue weighted by atomic mass is 16.7. The smallest absolute Gasteiger partial charge is 0.231 e. The second-order valence-corrected chi connectivity index (χ2v) is 5.63. The Morgan fingerprint density at radius 1 is 1.26 bits per heavy atom. The molecule has 1 aliphatic heterocycles. The van der Waals surface area contributed by atoms with Gasteiger partial charge in [-0.1, -0.05) is 6.07 Å². The van der Waals surface area contributed by atoms with Gasteiger partial charge in [-0.05, 0) is 36.9 Å². The molecule has 23 heavy (non-hydrogen) atoms. The van der Waals surface area contributed by atoms with E-state index in [1.165, 1.54) is 0 Å². The normalized spacial score (nSPS) is 14.4. The summed E-state index contributed by atoms with van der Waals surface area (Å²) in [5, 5.41) is 10.0. The van der Waals surface area contributed by atoms with Crippen molar-refractivity contribution in [2.75, 3.05) is 27.0 Å². The fourth-order valence-corrected chi connectivity index (χ4v) is 2.52. The van der Waals surface area contributed by atoms with Crippen molar-refractivity contribution in [3.05, 3.63) is 47.9 Å². The number of fused-ring (bicyclic) bond motifs is 1. The van der Waals surface area contributed by atoms with E-state index in [0.29, 0.717) is 19.7 Å². The van der Waals surface area contributed by atoms with Crippen molar-refractivity contribution in [2.45, 2.75) is 19.3 Å². The van der Waals surface area contributed by atoms with Gasteiger partial charge >= 0.3 is 0 Å². The third-order valence-corrected chi connectivity index (χ3v) is 3.55. The van der Waals surface area contributed by atoms with Crippen LogP contribution in [-0.2, 0) is 17.9 Å². The van der Waals surface area contributed by atoms with Crippen LogP contribution in [0.15, 0.2) is 41.0 Å². The summed E-state index contributed by atoms with van der Waals surface area (Å²) in [5.74, 6) is 2.31. The first kappa shape index (κ1) is 15.9. The second kappa shape index (κ2) is 7.50. The lowest BCUT2D eigenvalue weighted by Crippen LogP contribution is -2.31. The number of hydrogen-bond acceptors (Lipinski definition) is 6. The lowest BCUT2D eigenvalue weighted by Gasteiger charge is -2.20. The van der Waals surface area contributed by atoms with Crippen LogP contribution in [0.3, 0.4) is 0 Å². The van der Waals surface area contributed by atoms with Gasteiger partial charge in [0.1, 0.15) is 12.4 Å². The van der Waals surface area contributed by atoms with Gasteiger partial charge in [0.15, 0.2) is 11.5 Å². The number of furan rings is 1. The van der Waals surface area contributed by atoms with Crippen molar-refractivity contribution in [1.82, 2.24) is 4.90 Å². The van der Waals surface area contributed by atoms with Gasteiger partial charge in [-0.3, -0.25) is 4.90 Å². The summed E-state index contributed by atoms with van der Waals surface area (Å²) in [6.45, 7) is 2.15. The maximum atomic E-state index is 10.0. The van der Waals surface area contributed by atoms with E-state index in [2.05, 4.69) is 0 Å². The molecule has 6 heteroatoms. The Morgan fingerprint density at radius 2 is 2.13 bits per heavy atom. The summed E-state index contributed by atoms with van der Waals surface area (Å²) >= 11 is 0. The van der Waals surface area contributed by atoms with Gasteiger partial charge in [-0.2, -0.15) is 0 Å². The SMILES string of the molecule is CN(Cc1ccc2c(c1)OCO2)CC(O)COCc1ccco1. The Bertz CT molecular complexity index is 613. The van der Waals surface area contributed by atoms with Gasteiger partial charge in [0.05, 0.1) is 19.0 Å². The van der Waals surface area contributed by atoms with E-state index in [1.54, 1.807) is 6.26 Å². The average Bonchev–Trinajstić information content (AvgIpc) is 3.17. The van der Waals surface area contributed by atoms with Gasteiger partial charge < -0.3 is 23.7 Å². The minimum atomic E-state index is -0.552. The van der Waals surface area contributed by atoms with Crippen molar-refractivity contribution in [3.63, 3.8) is 0 Å². The number of nitrogens with zero attached hydrogens (tertiary/aromatic N) is 1. The monoisotopic (exact) mass is 319 g/mol. The first-order chi connectivity index (χ1) is 11.2. The fourth-order valence-electron chi connectivity index (χ4n) is 2.52. The molecule has 1 atom stereocenters. The summed E-state index contributed by atoms with van der Waals surface area (Å²) in [6.07, 6.45) is 1.05. The molecule has 2 heterocycles. The molecule has 1 aromatic carbocycles. The molecule has 0 saturated carbocycles. The molecule has 1 aliphatic rings. The maximum absolute atomic E-state index is 10.0. The molecule has 1 aromatic heterocycles. The quantitative estimate of drug-likeness (QED) is 0.803. The number of aliphatic hydroxyl groups excluding tert-OH is 1. The summed E-state index contributed by atoms with van der Waals surface area (Å²) in [6, 6.07) is 9.54. The molecule has 6 nitrogen and oxygen atoms in total. The zero-order valence-electron chi connectivity index (χ0n) is 13.1. The van der Waals surface area contributed by atoms with Crippen LogP contribution >= 0.6 is 0 Å². The van der Waals surface area contributed by atoms with Crippen molar-refractivity contribution in [1.29, 1.82) is 0 Å². The van der Waals surface area contributed by atoms with Crippen LogP contribution in [0.1, 0.15) is 11.3 Å². The maximum Gasteiger partial charge on any atom is 0.231 e. The molecular formula is C17H21NO5. The number of likely N-dealkylation sites (N-methyl/N-ethyl adjacent to an activating group) is 1. The Balaban J connectivity index is 1.40. The molecule has 3 rings (SSSR count). The number of rotatable bonds is 8. The Labute approximate surface area is 135 Å². The van der Waals surface area contributed by atoms with Crippen molar-refractivity contribution >= 4 is 0 Å². The van der Waals surface area contributed by atoms with E-state index in [4.69, 9.17) is 18.6 Å². The Hall–Kier alpha value is -2.02. The second-order valence-electron chi connectivity index (χ2n) is 5.63. The van der Waals surface area contributed by atoms with Gasteiger partial charge in [-0.25, -0.2) is 0 Å². The molecule has 124 valence electrons. The van der Waals surface area contributed by atoms with Crippen LogP contribution in [0.4, 0.5) is 0 Å². The zero-order valence-corrected chi connectivity index (χ0v) is 13.1. The highest BCUT2D eigenvalue weighted by molar-refractivity contribution is 5.44. The lowest BCUT2D eigenvalue weighted by molar-refractivity contribution is 0.00768. The van der Waals surface area contributed by atoms with Gasteiger partial charge in [0, 0.05) is 13.1 Å². The molecule has 0 fully saturated rings. The molecule has 2 aromatic rings. The van der Waals surface area contributed by atoms with Crippen LogP contribution in [0.2, 0.25) is 0 Å². The Morgan fingerprint density at radius 3 is 2.96 bits per heavy atom. The van der Waals surface area contributed by atoms with E-state index < -0.39 is 6.10 Å². The molecule has 0 bridgehead atoms.